The molecule has 6 nitrogen and oxygen atoms in total. The smallest absolute Gasteiger partial charge is 0.332 e. The highest BCUT2D eigenvalue weighted by molar-refractivity contribution is 5.70. The van der Waals surface area contributed by atoms with Gasteiger partial charge in [0.2, 0.25) is 0 Å². The van der Waals surface area contributed by atoms with E-state index in [0.717, 1.165) is 13.1 Å². The van der Waals surface area contributed by atoms with E-state index in [2.05, 4.69) is 5.32 Å². The van der Waals surface area contributed by atoms with Crippen molar-refractivity contribution in [1.29, 1.82) is 0 Å². The quantitative estimate of drug-likeness (QED) is 0.440. The molecule has 1 N–H and O–H groups in total. The number of hydrogen-bond donors (Lipinski definition) is 1. The molecule has 0 saturated carbocycles. The lowest BCUT2D eigenvalue weighted by Crippen LogP contribution is -2.59. The van der Waals surface area contributed by atoms with Crippen molar-refractivity contribution in [2.75, 3.05) is 53.2 Å². The van der Waals surface area contributed by atoms with Crippen molar-refractivity contribution >= 4 is 5.97 Å². The number of carbonyl (C=O) groups excluding carboxylic acids is 1. The van der Waals surface area contributed by atoms with Crippen molar-refractivity contribution in [2.45, 2.75) is 18.9 Å². The van der Waals surface area contributed by atoms with E-state index in [1.165, 1.54) is 0 Å². The summed E-state index contributed by atoms with van der Waals surface area (Å²) < 4.78 is 20.5. The lowest BCUT2D eigenvalue weighted by Gasteiger charge is -2.38. The molecular formula is C12H23NO5. The topological polar surface area (TPSA) is 66.0 Å². The molecule has 1 aliphatic heterocycles. The molecule has 0 aliphatic carbocycles. The lowest BCUT2D eigenvalue weighted by molar-refractivity contribution is -0.158. The lowest BCUT2D eigenvalue weighted by atomic mass is 10.0. The molecule has 0 aromatic rings. The average Bonchev–Trinajstić information content (AvgIpc) is 2.33. The van der Waals surface area contributed by atoms with Crippen molar-refractivity contribution in [1.82, 2.24) is 5.32 Å². The van der Waals surface area contributed by atoms with Crippen LogP contribution in [0.1, 0.15) is 13.3 Å². The molecule has 0 unspecified atom stereocenters. The van der Waals surface area contributed by atoms with Gasteiger partial charge in [0.05, 0.1) is 25.4 Å². The van der Waals surface area contributed by atoms with Gasteiger partial charge in [0.25, 0.3) is 0 Å². The Morgan fingerprint density at radius 3 is 2.61 bits per heavy atom. The molecule has 6 heteroatoms. The molecule has 1 heterocycles. The highest BCUT2D eigenvalue weighted by Crippen LogP contribution is 2.14. The predicted molar refractivity (Wildman–Crippen MR) is 65.5 cm³/mol. The molecule has 18 heavy (non-hydrogen) atoms. The second-order valence-corrected chi connectivity index (χ2v) is 4.52. The summed E-state index contributed by atoms with van der Waals surface area (Å²) in [6.07, 6.45) is 0.689. The third-order valence-electron chi connectivity index (χ3n) is 2.66. The van der Waals surface area contributed by atoms with Crippen molar-refractivity contribution in [3.8, 4) is 0 Å². The number of hydrogen-bond acceptors (Lipinski definition) is 6. The van der Waals surface area contributed by atoms with E-state index in [1.54, 1.807) is 7.11 Å². The number of methoxy groups -OCH3 is 1. The monoisotopic (exact) mass is 261 g/mol. The van der Waals surface area contributed by atoms with E-state index in [9.17, 15) is 4.79 Å². The van der Waals surface area contributed by atoms with Gasteiger partial charge >= 0.3 is 5.97 Å². The fraction of sp³-hybridized carbons (Fsp3) is 0.917. The summed E-state index contributed by atoms with van der Waals surface area (Å²) >= 11 is 0. The van der Waals surface area contributed by atoms with Crippen LogP contribution in [0.5, 0.6) is 0 Å². The minimum atomic E-state index is -0.319. The summed E-state index contributed by atoms with van der Waals surface area (Å²) in [4.78, 5) is 11.3. The molecule has 1 rings (SSSR count). The van der Waals surface area contributed by atoms with E-state index < -0.39 is 0 Å². The van der Waals surface area contributed by atoms with E-state index in [-0.39, 0.29) is 18.2 Å². The maximum Gasteiger partial charge on any atom is 0.332 e. The second kappa shape index (κ2) is 8.42. The first-order chi connectivity index (χ1) is 8.66. The summed E-state index contributed by atoms with van der Waals surface area (Å²) in [5.41, 5.74) is -0.206. The maximum absolute atomic E-state index is 11.3. The Morgan fingerprint density at radius 2 is 2.00 bits per heavy atom. The molecule has 0 bridgehead atoms. The molecule has 106 valence electrons. The SMILES string of the molecule is COCCOCCCOC(=O)COC1(C)CNC1. The van der Waals surface area contributed by atoms with Crippen LogP contribution in [0.4, 0.5) is 0 Å². The Bertz CT molecular complexity index is 243. The Labute approximate surface area is 108 Å². The summed E-state index contributed by atoms with van der Waals surface area (Å²) in [6.45, 7) is 5.65. The van der Waals surface area contributed by atoms with Gasteiger partial charge in [-0.15, -0.1) is 0 Å². The molecule has 1 fully saturated rings. The van der Waals surface area contributed by atoms with Gasteiger partial charge < -0.3 is 24.3 Å². The van der Waals surface area contributed by atoms with Crippen LogP contribution < -0.4 is 5.32 Å². The number of esters is 1. The minimum absolute atomic E-state index is 0.0166. The van der Waals surface area contributed by atoms with Crippen molar-refractivity contribution in [2.24, 2.45) is 0 Å². The molecule has 1 saturated heterocycles. The van der Waals surface area contributed by atoms with Gasteiger partial charge in [0.1, 0.15) is 6.61 Å². The van der Waals surface area contributed by atoms with Crippen molar-refractivity contribution in [3.05, 3.63) is 0 Å². The fourth-order valence-corrected chi connectivity index (χ4v) is 1.45. The number of ether oxygens (including phenoxy) is 4. The van der Waals surface area contributed by atoms with Gasteiger partial charge in [-0.25, -0.2) is 4.79 Å². The fourth-order valence-electron chi connectivity index (χ4n) is 1.45. The predicted octanol–water partition coefficient (Wildman–Crippen LogP) is -0.0388. The van der Waals surface area contributed by atoms with Crippen LogP contribution >= 0.6 is 0 Å². The van der Waals surface area contributed by atoms with E-state index in [1.807, 2.05) is 6.92 Å². The highest BCUT2D eigenvalue weighted by Gasteiger charge is 2.33. The molecule has 0 amide bonds. The highest BCUT2D eigenvalue weighted by atomic mass is 16.6. The van der Waals surface area contributed by atoms with Gasteiger partial charge in [-0.2, -0.15) is 0 Å². The van der Waals surface area contributed by atoms with E-state index in [4.69, 9.17) is 18.9 Å². The summed E-state index contributed by atoms with van der Waals surface area (Å²) in [5.74, 6) is -0.319. The zero-order valence-corrected chi connectivity index (χ0v) is 11.2. The van der Waals surface area contributed by atoms with Crippen LogP contribution in [0.15, 0.2) is 0 Å². The molecule has 0 spiro atoms. The molecule has 0 radical (unpaired) electrons. The van der Waals surface area contributed by atoms with Crippen molar-refractivity contribution < 1.29 is 23.7 Å². The van der Waals surface area contributed by atoms with Gasteiger partial charge in [-0.3, -0.25) is 0 Å². The molecule has 0 aromatic carbocycles. The summed E-state index contributed by atoms with van der Waals surface area (Å²) in [6, 6.07) is 0. The summed E-state index contributed by atoms with van der Waals surface area (Å²) in [5, 5.41) is 3.10. The minimum Gasteiger partial charge on any atom is -0.464 e. The standard InChI is InChI=1S/C12H23NO5/c1-12(9-13-10-12)18-8-11(14)17-5-3-4-16-7-6-15-2/h13H,3-10H2,1-2H3. The Hall–Kier alpha value is -0.690. The zero-order chi connectivity index (χ0) is 13.3. The van der Waals surface area contributed by atoms with Gasteiger partial charge in [0, 0.05) is 33.2 Å². The average molecular weight is 261 g/mol. The third-order valence-corrected chi connectivity index (χ3v) is 2.66. The van der Waals surface area contributed by atoms with Gasteiger partial charge in [-0.05, 0) is 6.92 Å². The van der Waals surface area contributed by atoms with Crippen LogP contribution in [0, 0.1) is 0 Å². The molecular weight excluding hydrogens is 238 g/mol. The Morgan fingerprint density at radius 1 is 1.22 bits per heavy atom. The first-order valence-electron chi connectivity index (χ1n) is 6.23. The van der Waals surface area contributed by atoms with Gasteiger partial charge in [-0.1, -0.05) is 0 Å². The molecule has 1 aliphatic rings. The van der Waals surface area contributed by atoms with Crippen LogP contribution in [0.25, 0.3) is 0 Å². The van der Waals surface area contributed by atoms with Crippen LogP contribution in [0.2, 0.25) is 0 Å². The van der Waals surface area contributed by atoms with E-state index in [0.29, 0.717) is 32.8 Å². The Kier molecular flexibility index (Phi) is 7.19. The number of carbonyl (C=O) groups is 1. The summed E-state index contributed by atoms with van der Waals surface area (Å²) in [7, 11) is 1.63. The van der Waals surface area contributed by atoms with Crippen LogP contribution in [0.3, 0.4) is 0 Å². The van der Waals surface area contributed by atoms with Crippen molar-refractivity contribution in [3.63, 3.8) is 0 Å². The normalized spacial score (nSPS) is 17.2. The first-order valence-corrected chi connectivity index (χ1v) is 6.23. The van der Waals surface area contributed by atoms with Gasteiger partial charge in [0.15, 0.2) is 0 Å². The number of nitrogens with one attached hydrogen (secondary N) is 1. The van der Waals surface area contributed by atoms with E-state index >= 15 is 0 Å². The molecule has 0 atom stereocenters. The number of rotatable bonds is 10. The third kappa shape index (κ3) is 6.30. The maximum atomic E-state index is 11.3. The van der Waals surface area contributed by atoms with Crippen LogP contribution in [-0.4, -0.2) is 64.8 Å². The zero-order valence-electron chi connectivity index (χ0n) is 11.2. The van der Waals surface area contributed by atoms with Crippen LogP contribution in [-0.2, 0) is 23.7 Å². The first kappa shape index (κ1) is 15.4. The largest absolute Gasteiger partial charge is 0.464 e. The second-order valence-electron chi connectivity index (χ2n) is 4.52. The Balaban J connectivity index is 1.87. The molecule has 0 aromatic heterocycles.